The molecule has 1 N–H and O–H groups in total. The van der Waals surface area contributed by atoms with Gasteiger partial charge in [0.1, 0.15) is 5.75 Å². The molecule has 2 aromatic carbocycles. The van der Waals surface area contributed by atoms with Crippen molar-refractivity contribution in [3.63, 3.8) is 0 Å². The zero-order valence-electron chi connectivity index (χ0n) is 15.6. The van der Waals surface area contributed by atoms with E-state index in [1.807, 2.05) is 19.9 Å². The van der Waals surface area contributed by atoms with Crippen LogP contribution in [0.5, 0.6) is 5.75 Å². The fourth-order valence-corrected chi connectivity index (χ4v) is 2.63. The van der Waals surface area contributed by atoms with Crippen LogP contribution in [0.2, 0.25) is 0 Å². The minimum atomic E-state index is 0.919. The zero-order valence-corrected chi connectivity index (χ0v) is 15.6. The predicted octanol–water partition coefficient (Wildman–Crippen LogP) is 5.62. The Labute approximate surface area is 147 Å². The Morgan fingerprint density at radius 3 is 2.58 bits per heavy atom. The van der Waals surface area contributed by atoms with E-state index in [1.54, 1.807) is 13.3 Å². The second kappa shape index (κ2) is 11.3. The third-order valence-corrected chi connectivity index (χ3v) is 3.87. The van der Waals surface area contributed by atoms with Crippen LogP contribution in [0.25, 0.3) is 11.1 Å². The summed E-state index contributed by atoms with van der Waals surface area (Å²) in [4.78, 5) is 0. The second-order valence-electron chi connectivity index (χ2n) is 5.34. The zero-order chi connectivity index (χ0) is 17.8. The van der Waals surface area contributed by atoms with Crippen LogP contribution in [0, 0.1) is 0 Å². The van der Waals surface area contributed by atoms with Gasteiger partial charge in [-0.05, 0) is 59.8 Å². The first-order valence-electron chi connectivity index (χ1n) is 8.89. The van der Waals surface area contributed by atoms with Gasteiger partial charge in [-0.2, -0.15) is 0 Å². The predicted molar refractivity (Wildman–Crippen MR) is 106 cm³/mol. The minimum Gasteiger partial charge on any atom is -0.497 e. The molecule has 0 aliphatic carbocycles. The normalized spacial score (nSPS) is 9.67. The molecule has 0 spiro atoms. The van der Waals surface area contributed by atoms with E-state index < -0.39 is 0 Å². The average Bonchev–Trinajstić information content (AvgIpc) is 2.66. The van der Waals surface area contributed by atoms with Gasteiger partial charge in [-0.3, -0.25) is 0 Å². The molecule has 0 fully saturated rings. The highest BCUT2D eigenvalue weighted by atomic mass is 16.5. The van der Waals surface area contributed by atoms with Crippen molar-refractivity contribution in [1.82, 2.24) is 5.32 Å². The summed E-state index contributed by atoms with van der Waals surface area (Å²) in [5.74, 6) is 0.919. The highest BCUT2D eigenvalue weighted by molar-refractivity contribution is 5.69. The van der Waals surface area contributed by atoms with E-state index in [9.17, 15) is 0 Å². The summed E-state index contributed by atoms with van der Waals surface area (Å²) in [6.45, 7) is 10.8. The van der Waals surface area contributed by atoms with E-state index >= 15 is 0 Å². The van der Waals surface area contributed by atoms with E-state index in [4.69, 9.17) is 4.74 Å². The average molecular weight is 325 g/mol. The van der Waals surface area contributed by atoms with Crippen molar-refractivity contribution in [2.75, 3.05) is 13.7 Å². The monoisotopic (exact) mass is 325 g/mol. The molecule has 0 radical (unpaired) electrons. The summed E-state index contributed by atoms with van der Waals surface area (Å²) in [6, 6.07) is 15.2. The van der Waals surface area contributed by atoms with Crippen LogP contribution in [-0.4, -0.2) is 13.7 Å². The summed E-state index contributed by atoms with van der Waals surface area (Å²) < 4.78 is 5.39. The van der Waals surface area contributed by atoms with Gasteiger partial charge in [0.2, 0.25) is 0 Å². The van der Waals surface area contributed by atoms with Crippen LogP contribution >= 0.6 is 0 Å². The van der Waals surface area contributed by atoms with E-state index in [0.717, 1.165) is 31.6 Å². The maximum atomic E-state index is 5.39. The Hall–Kier alpha value is -2.22. The Morgan fingerprint density at radius 2 is 1.92 bits per heavy atom. The van der Waals surface area contributed by atoms with Gasteiger partial charge in [0, 0.05) is 6.54 Å². The molecule has 0 aromatic heterocycles. The van der Waals surface area contributed by atoms with Crippen LogP contribution in [0.4, 0.5) is 0 Å². The molecule has 0 unspecified atom stereocenters. The van der Waals surface area contributed by atoms with E-state index in [2.05, 4.69) is 55.2 Å². The van der Waals surface area contributed by atoms with Crippen LogP contribution in [0.15, 0.2) is 55.2 Å². The van der Waals surface area contributed by atoms with E-state index in [0.29, 0.717) is 0 Å². The Balaban J connectivity index is 0.00000139. The summed E-state index contributed by atoms with van der Waals surface area (Å²) in [5.41, 5.74) is 5.29. The molecule has 2 rings (SSSR count). The molecule has 0 bridgehead atoms. The number of methoxy groups -OCH3 is 1. The number of benzene rings is 2. The number of rotatable bonds is 8. The third kappa shape index (κ3) is 5.77. The van der Waals surface area contributed by atoms with Crippen molar-refractivity contribution < 1.29 is 4.74 Å². The van der Waals surface area contributed by atoms with Crippen molar-refractivity contribution in [2.24, 2.45) is 0 Å². The molecule has 0 aliphatic heterocycles. The van der Waals surface area contributed by atoms with Gasteiger partial charge >= 0.3 is 0 Å². The lowest BCUT2D eigenvalue weighted by atomic mass is 9.95. The van der Waals surface area contributed by atoms with Gasteiger partial charge in [0.15, 0.2) is 0 Å². The largest absolute Gasteiger partial charge is 0.497 e. The number of aryl methyl sites for hydroxylation is 2. The Kier molecular flexibility index (Phi) is 9.36. The molecule has 0 heterocycles. The van der Waals surface area contributed by atoms with E-state index in [1.165, 1.54) is 22.3 Å². The van der Waals surface area contributed by atoms with Crippen molar-refractivity contribution in [1.29, 1.82) is 0 Å². The number of hydrogen-bond donors (Lipinski definition) is 1. The standard InChI is InChI=1S/C20H25NO.C2H6/c1-4-16-8-6-9-17(14-16)20-12-11-19(22-3)15-18(20)10-7-13-21-5-2;1-2/h5-6,8-9,11-12,14-15,21H,2,4,7,10,13H2,1,3H3;1-2H3. The van der Waals surface area contributed by atoms with Crippen LogP contribution < -0.4 is 10.1 Å². The fourth-order valence-electron chi connectivity index (χ4n) is 2.63. The molecule has 0 atom stereocenters. The molecule has 2 heteroatoms. The first kappa shape index (κ1) is 19.8. The van der Waals surface area contributed by atoms with Gasteiger partial charge in [-0.25, -0.2) is 0 Å². The van der Waals surface area contributed by atoms with Gasteiger partial charge in [0.05, 0.1) is 7.11 Å². The molecule has 24 heavy (non-hydrogen) atoms. The van der Waals surface area contributed by atoms with Crippen LogP contribution in [0.3, 0.4) is 0 Å². The third-order valence-electron chi connectivity index (χ3n) is 3.87. The molecule has 0 saturated carbocycles. The lowest BCUT2D eigenvalue weighted by Crippen LogP contribution is -2.07. The van der Waals surface area contributed by atoms with Crippen molar-refractivity contribution >= 4 is 0 Å². The number of ether oxygens (including phenoxy) is 1. The Bertz CT molecular complexity index is 619. The summed E-state index contributed by atoms with van der Waals surface area (Å²) >= 11 is 0. The van der Waals surface area contributed by atoms with Crippen molar-refractivity contribution in [3.05, 3.63) is 66.4 Å². The molecule has 130 valence electrons. The first-order chi connectivity index (χ1) is 11.8. The summed E-state index contributed by atoms with van der Waals surface area (Å²) in [6.07, 6.45) is 4.89. The molecular formula is C22H31NO. The Morgan fingerprint density at radius 1 is 1.12 bits per heavy atom. The lowest BCUT2D eigenvalue weighted by molar-refractivity contribution is 0.414. The maximum Gasteiger partial charge on any atom is 0.119 e. The lowest BCUT2D eigenvalue weighted by Gasteiger charge is -2.13. The fraction of sp³-hybridized carbons (Fsp3) is 0.364. The minimum absolute atomic E-state index is 0.919. The van der Waals surface area contributed by atoms with Gasteiger partial charge in [0.25, 0.3) is 0 Å². The maximum absolute atomic E-state index is 5.39. The van der Waals surface area contributed by atoms with Crippen molar-refractivity contribution in [2.45, 2.75) is 40.0 Å². The summed E-state index contributed by atoms with van der Waals surface area (Å²) in [5, 5.41) is 3.16. The molecule has 0 saturated heterocycles. The second-order valence-corrected chi connectivity index (χ2v) is 5.34. The number of nitrogens with one attached hydrogen (secondary N) is 1. The quantitative estimate of drug-likeness (QED) is 0.636. The topological polar surface area (TPSA) is 21.3 Å². The van der Waals surface area contributed by atoms with Gasteiger partial charge in [-0.15, -0.1) is 0 Å². The molecular weight excluding hydrogens is 294 g/mol. The SMILES string of the molecule is C=CNCCCc1cc(OC)ccc1-c1cccc(CC)c1.CC. The van der Waals surface area contributed by atoms with E-state index in [-0.39, 0.29) is 0 Å². The molecule has 2 nitrogen and oxygen atoms in total. The highest BCUT2D eigenvalue weighted by Gasteiger charge is 2.07. The number of hydrogen-bond acceptors (Lipinski definition) is 2. The smallest absolute Gasteiger partial charge is 0.119 e. The van der Waals surface area contributed by atoms with Gasteiger partial charge in [-0.1, -0.05) is 57.7 Å². The van der Waals surface area contributed by atoms with Crippen molar-refractivity contribution in [3.8, 4) is 16.9 Å². The van der Waals surface area contributed by atoms with Crippen LogP contribution in [0.1, 0.15) is 38.3 Å². The molecule has 0 amide bonds. The first-order valence-corrected chi connectivity index (χ1v) is 8.89. The molecule has 0 aliphatic rings. The van der Waals surface area contributed by atoms with Crippen LogP contribution in [-0.2, 0) is 12.8 Å². The summed E-state index contributed by atoms with van der Waals surface area (Å²) in [7, 11) is 1.72. The molecule has 2 aromatic rings. The van der Waals surface area contributed by atoms with Gasteiger partial charge < -0.3 is 10.1 Å². The highest BCUT2D eigenvalue weighted by Crippen LogP contribution is 2.29.